The highest BCUT2D eigenvalue weighted by molar-refractivity contribution is 5.91. The van der Waals surface area contributed by atoms with Crippen molar-refractivity contribution in [3.05, 3.63) is 79.1 Å². The Kier molecular flexibility index (Phi) is 4.69. The van der Waals surface area contributed by atoms with Crippen LogP contribution in [0.4, 0.5) is 0 Å². The van der Waals surface area contributed by atoms with Crippen LogP contribution in [-0.2, 0) is 6.54 Å². The van der Waals surface area contributed by atoms with Crippen molar-refractivity contribution in [3.63, 3.8) is 0 Å². The molecule has 134 valence electrons. The predicted molar refractivity (Wildman–Crippen MR) is 99.2 cm³/mol. The first-order valence-corrected chi connectivity index (χ1v) is 8.48. The summed E-state index contributed by atoms with van der Waals surface area (Å²) in [5.41, 5.74) is 3.07. The summed E-state index contributed by atoms with van der Waals surface area (Å²) in [6.07, 6.45) is 8.69. The minimum atomic E-state index is -0.267. The van der Waals surface area contributed by atoms with E-state index in [1.165, 1.54) is 11.0 Å². The number of para-hydroxylation sites is 1. The molecule has 0 aliphatic rings. The van der Waals surface area contributed by atoms with Gasteiger partial charge in [-0.05, 0) is 18.2 Å². The Morgan fingerprint density at radius 3 is 2.67 bits per heavy atom. The number of hydrogen-bond donors (Lipinski definition) is 1. The quantitative estimate of drug-likeness (QED) is 0.568. The fourth-order valence-corrected chi connectivity index (χ4v) is 2.60. The monoisotopic (exact) mass is 359 g/mol. The average molecular weight is 359 g/mol. The van der Waals surface area contributed by atoms with Crippen LogP contribution in [0.2, 0.25) is 0 Å². The van der Waals surface area contributed by atoms with Crippen molar-refractivity contribution in [2.75, 3.05) is 6.54 Å². The first-order chi connectivity index (χ1) is 13.3. The largest absolute Gasteiger partial charge is 0.349 e. The maximum absolute atomic E-state index is 12.2. The van der Waals surface area contributed by atoms with Gasteiger partial charge in [0, 0.05) is 36.3 Å². The highest BCUT2D eigenvalue weighted by Crippen LogP contribution is 2.16. The molecule has 0 unspecified atom stereocenters. The maximum atomic E-state index is 12.2. The lowest BCUT2D eigenvalue weighted by molar-refractivity contribution is 0.0946. The van der Waals surface area contributed by atoms with Crippen molar-refractivity contribution in [2.24, 2.45) is 0 Å². The molecule has 27 heavy (non-hydrogen) atoms. The summed E-state index contributed by atoms with van der Waals surface area (Å²) >= 11 is 0. The van der Waals surface area contributed by atoms with Gasteiger partial charge in [-0.25, -0.2) is 0 Å². The van der Waals surface area contributed by atoms with Crippen molar-refractivity contribution in [3.8, 4) is 16.8 Å². The third-order valence-corrected chi connectivity index (χ3v) is 3.97. The molecule has 1 N–H and O–H groups in total. The molecule has 0 bridgehead atoms. The van der Waals surface area contributed by atoms with Crippen LogP contribution in [0.1, 0.15) is 10.5 Å². The Hall–Kier alpha value is -3.81. The van der Waals surface area contributed by atoms with Gasteiger partial charge in [-0.2, -0.15) is 15.0 Å². The lowest BCUT2D eigenvalue weighted by Gasteiger charge is -2.03. The van der Waals surface area contributed by atoms with Gasteiger partial charge in [0.25, 0.3) is 5.91 Å². The Morgan fingerprint density at radius 1 is 0.963 bits per heavy atom. The third kappa shape index (κ3) is 3.90. The molecule has 0 aliphatic heterocycles. The SMILES string of the molecule is O=C(NCCn1cc(-c2cccnc2)cn1)c1cnn(-c2ccccc2)n1. The zero-order valence-electron chi connectivity index (χ0n) is 14.4. The number of benzene rings is 1. The Morgan fingerprint density at radius 2 is 1.85 bits per heavy atom. The molecule has 0 spiro atoms. The molecule has 3 aromatic heterocycles. The van der Waals surface area contributed by atoms with Crippen LogP contribution in [0.25, 0.3) is 16.8 Å². The number of aromatic nitrogens is 6. The van der Waals surface area contributed by atoms with E-state index in [9.17, 15) is 4.79 Å². The molecule has 0 saturated heterocycles. The summed E-state index contributed by atoms with van der Waals surface area (Å²) in [4.78, 5) is 17.8. The number of nitrogens with one attached hydrogen (secondary N) is 1. The topological polar surface area (TPSA) is 90.5 Å². The number of amides is 1. The minimum Gasteiger partial charge on any atom is -0.349 e. The van der Waals surface area contributed by atoms with E-state index in [0.29, 0.717) is 13.1 Å². The van der Waals surface area contributed by atoms with Crippen LogP contribution in [-0.4, -0.2) is 42.2 Å². The molecule has 0 saturated carbocycles. The molecule has 4 aromatic rings. The Labute approximate surface area is 155 Å². The van der Waals surface area contributed by atoms with Crippen molar-refractivity contribution in [1.29, 1.82) is 0 Å². The summed E-state index contributed by atoms with van der Waals surface area (Å²) in [5.74, 6) is -0.267. The van der Waals surface area contributed by atoms with E-state index < -0.39 is 0 Å². The zero-order valence-corrected chi connectivity index (χ0v) is 14.4. The predicted octanol–water partition coefficient (Wildman–Crippen LogP) is 1.96. The summed E-state index contributed by atoms with van der Waals surface area (Å²) in [6.45, 7) is 0.990. The van der Waals surface area contributed by atoms with Crippen LogP contribution < -0.4 is 5.32 Å². The lowest BCUT2D eigenvalue weighted by Crippen LogP contribution is -2.27. The first kappa shape index (κ1) is 16.6. The minimum absolute atomic E-state index is 0.267. The fourth-order valence-electron chi connectivity index (χ4n) is 2.60. The molecule has 3 heterocycles. The standard InChI is InChI=1S/C19H17N7O/c27-19(18-13-23-26(24-18)17-6-2-1-3-7-17)21-9-10-25-14-16(12-22-25)15-5-4-8-20-11-15/h1-8,11-14H,9-10H2,(H,21,27). The van der Waals surface area contributed by atoms with Crippen LogP contribution >= 0.6 is 0 Å². The van der Waals surface area contributed by atoms with Crippen molar-refractivity contribution >= 4 is 5.91 Å². The highest BCUT2D eigenvalue weighted by Gasteiger charge is 2.11. The number of pyridine rings is 1. The van der Waals surface area contributed by atoms with Crippen LogP contribution in [0, 0.1) is 0 Å². The van der Waals surface area contributed by atoms with Gasteiger partial charge in [-0.3, -0.25) is 14.5 Å². The van der Waals surface area contributed by atoms with Crippen LogP contribution in [0.5, 0.6) is 0 Å². The third-order valence-electron chi connectivity index (χ3n) is 3.97. The van der Waals surface area contributed by atoms with Gasteiger partial charge in [-0.15, -0.1) is 5.10 Å². The maximum Gasteiger partial charge on any atom is 0.273 e. The van der Waals surface area contributed by atoms with E-state index in [1.807, 2.05) is 48.7 Å². The number of rotatable bonds is 6. The van der Waals surface area contributed by atoms with Gasteiger partial charge in [0.2, 0.25) is 0 Å². The molecule has 1 aromatic carbocycles. The van der Waals surface area contributed by atoms with E-state index >= 15 is 0 Å². The molecule has 4 rings (SSSR count). The number of carbonyl (C=O) groups excluding carboxylic acids is 1. The number of carbonyl (C=O) groups is 1. The van der Waals surface area contributed by atoms with Crippen molar-refractivity contribution < 1.29 is 4.79 Å². The van der Waals surface area contributed by atoms with Gasteiger partial charge in [0.05, 0.1) is 24.6 Å². The molecule has 0 fully saturated rings. The van der Waals surface area contributed by atoms with Crippen LogP contribution in [0.3, 0.4) is 0 Å². The molecule has 0 aliphatic carbocycles. The first-order valence-electron chi connectivity index (χ1n) is 8.48. The van der Waals surface area contributed by atoms with E-state index in [2.05, 4.69) is 25.6 Å². The van der Waals surface area contributed by atoms with Gasteiger partial charge < -0.3 is 5.32 Å². The van der Waals surface area contributed by atoms with E-state index in [4.69, 9.17) is 0 Å². The van der Waals surface area contributed by atoms with Gasteiger partial charge in [-0.1, -0.05) is 24.3 Å². The Bertz CT molecular complexity index is 1020. The second kappa shape index (κ2) is 7.61. The van der Waals surface area contributed by atoms with E-state index in [-0.39, 0.29) is 11.6 Å². The molecule has 8 nitrogen and oxygen atoms in total. The Balaban J connectivity index is 1.33. The van der Waals surface area contributed by atoms with Crippen LogP contribution in [0.15, 0.2) is 73.4 Å². The lowest BCUT2D eigenvalue weighted by atomic mass is 10.2. The van der Waals surface area contributed by atoms with E-state index in [0.717, 1.165) is 16.8 Å². The smallest absolute Gasteiger partial charge is 0.273 e. The summed E-state index contributed by atoms with van der Waals surface area (Å²) < 4.78 is 1.78. The molecule has 0 radical (unpaired) electrons. The molecule has 1 amide bonds. The van der Waals surface area contributed by atoms with Gasteiger partial charge in [0.1, 0.15) is 0 Å². The van der Waals surface area contributed by atoms with Crippen molar-refractivity contribution in [2.45, 2.75) is 6.54 Å². The summed E-state index contributed by atoms with van der Waals surface area (Å²) in [7, 11) is 0. The molecule has 0 atom stereocenters. The second-order valence-corrected chi connectivity index (χ2v) is 5.84. The average Bonchev–Trinajstić information content (AvgIpc) is 3.39. The molecular formula is C19H17N7O. The summed E-state index contributed by atoms with van der Waals surface area (Å²) in [6, 6.07) is 13.3. The second-order valence-electron chi connectivity index (χ2n) is 5.84. The molecular weight excluding hydrogens is 342 g/mol. The van der Waals surface area contributed by atoms with Gasteiger partial charge in [0.15, 0.2) is 5.69 Å². The normalized spacial score (nSPS) is 10.7. The molecule has 8 heteroatoms. The van der Waals surface area contributed by atoms with Gasteiger partial charge >= 0.3 is 0 Å². The number of nitrogens with zero attached hydrogens (tertiary/aromatic N) is 6. The van der Waals surface area contributed by atoms with Crippen molar-refractivity contribution in [1.82, 2.24) is 35.1 Å². The zero-order chi connectivity index (χ0) is 18.5. The van der Waals surface area contributed by atoms with E-state index in [1.54, 1.807) is 23.3 Å². The summed E-state index contributed by atoms with van der Waals surface area (Å²) in [5, 5.41) is 15.5. The fraction of sp³-hybridized carbons (Fsp3) is 0.105. The highest BCUT2D eigenvalue weighted by atomic mass is 16.2. The number of hydrogen-bond acceptors (Lipinski definition) is 5.